The Hall–Kier alpha value is -1.16. The number of imide groups is 1. The van der Waals surface area contributed by atoms with E-state index < -0.39 is 0 Å². The van der Waals surface area contributed by atoms with Crippen molar-refractivity contribution in [2.75, 3.05) is 11.9 Å². The van der Waals surface area contributed by atoms with Gasteiger partial charge in [0.15, 0.2) is 0 Å². The molecule has 1 saturated carbocycles. The summed E-state index contributed by atoms with van der Waals surface area (Å²) in [5.41, 5.74) is 1.17. The van der Waals surface area contributed by atoms with Gasteiger partial charge in [-0.3, -0.25) is 14.5 Å². The summed E-state index contributed by atoms with van der Waals surface area (Å²) in [7, 11) is 0. The van der Waals surface area contributed by atoms with E-state index in [1.807, 2.05) is 18.2 Å². The molecule has 0 bridgehead atoms. The predicted octanol–water partition coefficient (Wildman–Crippen LogP) is 2.95. The Labute approximate surface area is 127 Å². The van der Waals surface area contributed by atoms with E-state index in [2.05, 4.69) is 28.1 Å². The van der Waals surface area contributed by atoms with Crippen LogP contribution in [0.4, 0.5) is 0 Å². The number of nitrogens with zero attached hydrogens (tertiary/aromatic N) is 1. The van der Waals surface area contributed by atoms with Crippen molar-refractivity contribution >= 4 is 27.7 Å². The van der Waals surface area contributed by atoms with Gasteiger partial charge in [-0.05, 0) is 18.4 Å². The molecule has 1 aromatic rings. The van der Waals surface area contributed by atoms with Gasteiger partial charge < -0.3 is 0 Å². The molecule has 0 aromatic heterocycles. The summed E-state index contributed by atoms with van der Waals surface area (Å²) >= 11 is 3.51. The first-order chi connectivity index (χ1) is 9.72. The maximum absolute atomic E-state index is 12.4. The number of fused-ring (bicyclic) bond motifs is 1. The molecule has 3 nitrogen and oxygen atoms in total. The minimum atomic E-state index is -0.0331. The Bertz CT molecular complexity index is 494. The number of alkyl halides is 1. The normalized spacial score (nSPS) is 26.9. The van der Waals surface area contributed by atoms with Crippen molar-refractivity contribution in [3.05, 3.63) is 35.9 Å². The van der Waals surface area contributed by atoms with Crippen molar-refractivity contribution in [2.24, 2.45) is 11.8 Å². The molecular formula is C16H18BrNO2. The van der Waals surface area contributed by atoms with Crippen molar-refractivity contribution in [1.29, 1.82) is 0 Å². The summed E-state index contributed by atoms with van der Waals surface area (Å²) in [5.74, 6) is 0.213. The highest BCUT2D eigenvalue weighted by Crippen LogP contribution is 2.40. The van der Waals surface area contributed by atoms with Crippen molar-refractivity contribution < 1.29 is 9.59 Å². The number of hydrogen-bond acceptors (Lipinski definition) is 2. The Morgan fingerprint density at radius 2 is 1.70 bits per heavy atom. The van der Waals surface area contributed by atoms with Gasteiger partial charge in [0.25, 0.3) is 0 Å². The van der Waals surface area contributed by atoms with Gasteiger partial charge in [0.05, 0.1) is 11.8 Å². The summed E-state index contributed by atoms with van der Waals surface area (Å²) in [5, 5.41) is 0.753. The lowest BCUT2D eigenvalue weighted by Gasteiger charge is -2.22. The van der Waals surface area contributed by atoms with Crippen LogP contribution in [0.15, 0.2) is 30.3 Å². The molecule has 3 atom stereocenters. The van der Waals surface area contributed by atoms with Gasteiger partial charge in [0.2, 0.25) is 11.8 Å². The number of rotatable bonds is 4. The SMILES string of the molecule is O=C1C2CCCC2C(=O)N1CC(CBr)c1ccccc1. The van der Waals surface area contributed by atoms with Crippen LogP contribution in [0.5, 0.6) is 0 Å². The second-order valence-corrected chi connectivity index (χ2v) is 6.34. The zero-order valence-corrected chi connectivity index (χ0v) is 12.9. The number of likely N-dealkylation sites (tertiary alicyclic amines) is 1. The van der Waals surface area contributed by atoms with Crippen molar-refractivity contribution in [2.45, 2.75) is 25.2 Å². The van der Waals surface area contributed by atoms with Crippen LogP contribution in [0.2, 0.25) is 0 Å². The van der Waals surface area contributed by atoms with E-state index in [9.17, 15) is 9.59 Å². The van der Waals surface area contributed by atoms with E-state index in [0.717, 1.165) is 24.6 Å². The van der Waals surface area contributed by atoms with Gasteiger partial charge in [0, 0.05) is 17.8 Å². The van der Waals surface area contributed by atoms with Crippen LogP contribution in [0, 0.1) is 11.8 Å². The molecule has 4 heteroatoms. The lowest BCUT2D eigenvalue weighted by Crippen LogP contribution is -2.36. The fraction of sp³-hybridized carbons (Fsp3) is 0.500. The molecule has 1 aliphatic carbocycles. The standard InChI is InChI=1S/C16H18BrNO2/c17-9-12(11-5-2-1-3-6-11)10-18-15(19)13-7-4-8-14(13)16(18)20/h1-3,5-6,12-14H,4,7-10H2. The molecule has 0 radical (unpaired) electrons. The number of carbonyl (C=O) groups excluding carboxylic acids is 2. The first kappa shape index (κ1) is 13.8. The minimum absolute atomic E-state index is 0.0331. The van der Waals surface area contributed by atoms with E-state index >= 15 is 0 Å². The van der Waals surface area contributed by atoms with Gasteiger partial charge in [0.1, 0.15) is 0 Å². The molecule has 3 unspecified atom stereocenters. The zero-order valence-electron chi connectivity index (χ0n) is 11.3. The topological polar surface area (TPSA) is 37.4 Å². The summed E-state index contributed by atoms with van der Waals surface area (Å²) < 4.78 is 0. The molecule has 2 aliphatic rings. The summed E-state index contributed by atoms with van der Waals surface area (Å²) in [6, 6.07) is 10.1. The van der Waals surface area contributed by atoms with Gasteiger partial charge in [-0.2, -0.15) is 0 Å². The molecule has 1 heterocycles. The van der Waals surface area contributed by atoms with Crippen LogP contribution in [-0.2, 0) is 9.59 Å². The molecule has 1 aliphatic heterocycles. The van der Waals surface area contributed by atoms with Crippen LogP contribution in [0.25, 0.3) is 0 Å². The summed E-state index contributed by atoms with van der Waals surface area (Å²) in [6.45, 7) is 0.500. The third kappa shape index (κ3) is 2.30. The fourth-order valence-electron chi connectivity index (χ4n) is 3.43. The van der Waals surface area contributed by atoms with E-state index in [1.165, 1.54) is 10.5 Å². The Kier molecular flexibility index (Phi) is 3.92. The van der Waals surface area contributed by atoms with Crippen LogP contribution < -0.4 is 0 Å². The van der Waals surface area contributed by atoms with Crippen LogP contribution in [-0.4, -0.2) is 28.6 Å². The highest BCUT2D eigenvalue weighted by atomic mass is 79.9. The first-order valence-electron chi connectivity index (χ1n) is 7.18. The van der Waals surface area contributed by atoms with Gasteiger partial charge in [-0.15, -0.1) is 0 Å². The monoisotopic (exact) mass is 335 g/mol. The average molecular weight is 336 g/mol. The highest BCUT2D eigenvalue weighted by molar-refractivity contribution is 9.09. The molecular weight excluding hydrogens is 318 g/mol. The van der Waals surface area contributed by atoms with Crippen LogP contribution in [0.3, 0.4) is 0 Å². The number of amides is 2. The molecule has 2 amide bonds. The van der Waals surface area contributed by atoms with Crippen molar-refractivity contribution in [3.63, 3.8) is 0 Å². The van der Waals surface area contributed by atoms with Crippen molar-refractivity contribution in [3.8, 4) is 0 Å². The zero-order chi connectivity index (χ0) is 14.1. The van der Waals surface area contributed by atoms with E-state index in [0.29, 0.717) is 6.54 Å². The highest BCUT2D eigenvalue weighted by Gasteiger charge is 2.49. The number of benzene rings is 1. The first-order valence-corrected chi connectivity index (χ1v) is 8.30. The van der Waals surface area contributed by atoms with E-state index in [-0.39, 0.29) is 29.6 Å². The van der Waals surface area contributed by atoms with Gasteiger partial charge in [-0.25, -0.2) is 0 Å². The third-order valence-electron chi connectivity index (χ3n) is 4.54. The number of halogens is 1. The lowest BCUT2D eigenvalue weighted by molar-refractivity contribution is -0.140. The van der Waals surface area contributed by atoms with Crippen molar-refractivity contribution in [1.82, 2.24) is 4.90 Å². The van der Waals surface area contributed by atoms with Gasteiger partial charge >= 0.3 is 0 Å². The fourth-order valence-corrected chi connectivity index (χ4v) is 4.01. The molecule has 2 fully saturated rings. The second-order valence-electron chi connectivity index (χ2n) is 5.69. The summed E-state index contributed by atoms with van der Waals surface area (Å²) in [4.78, 5) is 26.2. The maximum atomic E-state index is 12.4. The molecule has 3 rings (SSSR count). The molecule has 1 aromatic carbocycles. The van der Waals surface area contributed by atoms with Gasteiger partial charge in [-0.1, -0.05) is 52.7 Å². The van der Waals surface area contributed by atoms with E-state index in [4.69, 9.17) is 0 Å². The quantitative estimate of drug-likeness (QED) is 0.626. The second kappa shape index (κ2) is 5.68. The Balaban J connectivity index is 1.77. The summed E-state index contributed by atoms with van der Waals surface area (Å²) in [6.07, 6.45) is 2.79. The minimum Gasteiger partial charge on any atom is -0.281 e. The molecule has 106 valence electrons. The average Bonchev–Trinajstić information content (AvgIpc) is 3.04. The molecule has 0 N–H and O–H groups in total. The lowest BCUT2D eigenvalue weighted by atomic mass is 10.00. The maximum Gasteiger partial charge on any atom is 0.233 e. The molecule has 20 heavy (non-hydrogen) atoms. The smallest absolute Gasteiger partial charge is 0.233 e. The Morgan fingerprint density at radius 3 is 2.25 bits per heavy atom. The predicted molar refractivity (Wildman–Crippen MR) is 80.5 cm³/mol. The van der Waals surface area contributed by atoms with E-state index in [1.54, 1.807) is 0 Å². The number of carbonyl (C=O) groups is 2. The third-order valence-corrected chi connectivity index (χ3v) is 5.32. The van der Waals surface area contributed by atoms with Crippen LogP contribution >= 0.6 is 15.9 Å². The van der Waals surface area contributed by atoms with Crippen LogP contribution in [0.1, 0.15) is 30.7 Å². The number of hydrogen-bond donors (Lipinski definition) is 0. The molecule has 1 saturated heterocycles. The Morgan fingerprint density at radius 1 is 1.10 bits per heavy atom. The molecule has 0 spiro atoms. The largest absolute Gasteiger partial charge is 0.281 e.